The molecule has 0 radical (unpaired) electrons. The van der Waals surface area contributed by atoms with E-state index in [2.05, 4.69) is 9.97 Å². The number of ether oxygens (including phenoxy) is 1. The summed E-state index contributed by atoms with van der Waals surface area (Å²) < 4.78 is 7.92. The van der Waals surface area contributed by atoms with Crippen molar-refractivity contribution in [2.24, 2.45) is 0 Å². The molecule has 2 aromatic heterocycles. The zero-order chi connectivity index (χ0) is 11.7. The van der Waals surface area contributed by atoms with E-state index in [0.717, 1.165) is 16.7 Å². The zero-order valence-electron chi connectivity index (χ0n) is 9.65. The minimum Gasteiger partial charge on any atom is -0.380 e. The number of H-pyrrole nitrogens is 1. The molecule has 4 nitrogen and oxygen atoms in total. The Bertz CT molecular complexity index is 558. The van der Waals surface area contributed by atoms with E-state index in [4.69, 9.17) is 17.0 Å². The normalized spacial score (nSPS) is 13.2. The van der Waals surface area contributed by atoms with Crippen LogP contribution in [0, 0.1) is 11.7 Å². The van der Waals surface area contributed by atoms with Crippen LogP contribution in [0.2, 0.25) is 0 Å². The molecule has 2 aromatic rings. The number of aryl methyl sites for hydroxylation is 1. The van der Waals surface area contributed by atoms with Crippen LogP contribution < -0.4 is 0 Å². The number of aromatic amines is 1. The lowest BCUT2D eigenvalue weighted by Gasteiger charge is -2.10. The lowest BCUT2D eigenvalue weighted by molar-refractivity contribution is 0.104. The van der Waals surface area contributed by atoms with E-state index < -0.39 is 0 Å². The van der Waals surface area contributed by atoms with Crippen LogP contribution in [0.5, 0.6) is 0 Å². The van der Waals surface area contributed by atoms with Gasteiger partial charge in [-0.05, 0) is 37.7 Å². The fourth-order valence-electron chi connectivity index (χ4n) is 1.67. The van der Waals surface area contributed by atoms with Crippen LogP contribution in [0.15, 0.2) is 12.3 Å². The Morgan fingerprint density at radius 2 is 2.38 bits per heavy atom. The highest BCUT2D eigenvalue weighted by molar-refractivity contribution is 7.71. The second kappa shape index (κ2) is 4.35. The van der Waals surface area contributed by atoms with Crippen molar-refractivity contribution in [3.8, 4) is 0 Å². The van der Waals surface area contributed by atoms with Gasteiger partial charge in [0, 0.05) is 13.3 Å². The van der Waals surface area contributed by atoms with Gasteiger partial charge in [-0.1, -0.05) is 0 Å². The van der Waals surface area contributed by atoms with Crippen LogP contribution in [0.25, 0.3) is 11.2 Å². The quantitative estimate of drug-likeness (QED) is 0.834. The summed E-state index contributed by atoms with van der Waals surface area (Å²) in [7, 11) is 1.70. The maximum Gasteiger partial charge on any atom is 0.179 e. The number of hydrogen-bond acceptors (Lipinski definition) is 3. The molecule has 1 unspecified atom stereocenters. The first-order chi connectivity index (χ1) is 7.63. The fraction of sp³-hybridized carbons (Fsp3) is 0.455. The first-order valence-corrected chi connectivity index (χ1v) is 5.61. The molecule has 0 aromatic carbocycles. The van der Waals surface area contributed by atoms with Gasteiger partial charge >= 0.3 is 0 Å². The van der Waals surface area contributed by atoms with Crippen LogP contribution in [0.3, 0.4) is 0 Å². The Morgan fingerprint density at radius 3 is 3.06 bits per heavy atom. The molecule has 1 N–H and O–H groups in total. The van der Waals surface area contributed by atoms with Gasteiger partial charge < -0.3 is 9.72 Å². The number of nitrogens with zero attached hydrogens (tertiary/aromatic N) is 2. The maximum absolute atomic E-state index is 5.29. The van der Waals surface area contributed by atoms with E-state index in [1.54, 1.807) is 13.3 Å². The van der Waals surface area contributed by atoms with E-state index in [0.29, 0.717) is 11.3 Å². The molecule has 0 fully saturated rings. The van der Waals surface area contributed by atoms with Gasteiger partial charge in [0.15, 0.2) is 10.4 Å². The molecule has 0 aliphatic rings. The minimum atomic E-state index is 0.119. The predicted octanol–water partition coefficient (Wildman–Crippen LogP) is 2.44. The van der Waals surface area contributed by atoms with E-state index in [-0.39, 0.29) is 6.10 Å². The molecule has 0 bridgehead atoms. The van der Waals surface area contributed by atoms with Gasteiger partial charge in [0.2, 0.25) is 0 Å². The third-order valence-electron chi connectivity index (χ3n) is 2.71. The van der Waals surface area contributed by atoms with Crippen LogP contribution in [0.1, 0.15) is 12.5 Å². The standard InChI is InChI=1S/C11H15N3OS/c1-7-4-5-12-10-9(7)13-11(16)14(10)6-8(2)15-3/h4-5,8H,6H2,1-3H3,(H,13,16). The Labute approximate surface area is 99.3 Å². The Hall–Kier alpha value is -1.20. The van der Waals surface area contributed by atoms with Crippen molar-refractivity contribution >= 4 is 23.4 Å². The van der Waals surface area contributed by atoms with Gasteiger partial charge in [-0.3, -0.25) is 4.57 Å². The number of rotatable bonds is 3. The number of methoxy groups -OCH3 is 1. The molecule has 86 valence electrons. The van der Waals surface area contributed by atoms with E-state index in [9.17, 15) is 0 Å². The van der Waals surface area contributed by atoms with Crippen molar-refractivity contribution in [3.63, 3.8) is 0 Å². The summed E-state index contributed by atoms with van der Waals surface area (Å²) in [5, 5.41) is 0. The molecule has 0 amide bonds. The summed E-state index contributed by atoms with van der Waals surface area (Å²) in [6.45, 7) is 4.77. The average Bonchev–Trinajstić information content (AvgIpc) is 2.58. The number of pyridine rings is 1. The molecular weight excluding hydrogens is 222 g/mol. The first-order valence-electron chi connectivity index (χ1n) is 5.20. The molecule has 0 spiro atoms. The number of nitrogens with one attached hydrogen (secondary N) is 1. The van der Waals surface area contributed by atoms with Crippen LogP contribution in [-0.2, 0) is 11.3 Å². The summed E-state index contributed by atoms with van der Waals surface area (Å²) in [5.74, 6) is 0. The summed E-state index contributed by atoms with van der Waals surface area (Å²) in [5.41, 5.74) is 3.06. The smallest absolute Gasteiger partial charge is 0.179 e. The van der Waals surface area contributed by atoms with Gasteiger partial charge in [-0.15, -0.1) is 0 Å². The molecule has 5 heteroatoms. The SMILES string of the molecule is COC(C)Cn1c(=S)[nH]c2c(C)ccnc21. The monoisotopic (exact) mass is 237 g/mol. The van der Waals surface area contributed by atoms with Crippen LogP contribution in [0.4, 0.5) is 0 Å². The largest absolute Gasteiger partial charge is 0.380 e. The Morgan fingerprint density at radius 1 is 1.62 bits per heavy atom. The second-order valence-electron chi connectivity index (χ2n) is 3.91. The average molecular weight is 237 g/mol. The lowest BCUT2D eigenvalue weighted by atomic mass is 10.3. The molecule has 16 heavy (non-hydrogen) atoms. The molecule has 2 rings (SSSR count). The number of aromatic nitrogens is 3. The maximum atomic E-state index is 5.29. The van der Waals surface area contributed by atoms with E-state index >= 15 is 0 Å². The topological polar surface area (TPSA) is 42.8 Å². The molecule has 0 saturated heterocycles. The first kappa shape index (κ1) is 11.3. The summed E-state index contributed by atoms with van der Waals surface area (Å²) >= 11 is 5.29. The highest BCUT2D eigenvalue weighted by Crippen LogP contribution is 2.15. The van der Waals surface area contributed by atoms with Crippen LogP contribution >= 0.6 is 12.2 Å². The number of imidazole rings is 1. The van der Waals surface area contributed by atoms with Gasteiger partial charge in [-0.25, -0.2) is 4.98 Å². The van der Waals surface area contributed by atoms with Crippen molar-refractivity contribution in [2.75, 3.05) is 7.11 Å². The molecule has 0 aliphatic carbocycles. The van der Waals surface area contributed by atoms with E-state index in [1.807, 2.05) is 24.5 Å². The lowest BCUT2D eigenvalue weighted by Crippen LogP contribution is -2.14. The molecule has 2 heterocycles. The molecule has 0 aliphatic heterocycles. The molecule has 1 atom stereocenters. The van der Waals surface area contributed by atoms with Crippen LogP contribution in [-0.4, -0.2) is 27.7 Å². The third kappa shape index (κ3) is 1.88. The predicted molar refractivity (Wildman–Crippen MR) is 66.1 cm³/mol. The molecule has 0 saturated carbocycles. The summed E-state index contributed by atoms with van der Waals surface area (Å²) in [6, 6.07) is 1.97. The van der Waals surface area contributed by atoms with Crippen molar-refractivity contribution < 1.29 is 4.74 Å². The van der Waals surface area contributed by atoms with Crippen molar-refractivity contribution in [3.05, 3.63) is 22.6 Å². The Kier molecular flexibility index (Phi) is 3.07. The van der Waals surface area contributed by atoms with Gasteiger partial charge in [0.25, 0.3) is 0 Å². The van der Waals surface area contributed by atoms with Crippen molar-refractivity contribution in [1.82, 2.24) is 14.5 Å². The zero-order valence-corrected chi connectivity index (χ0v) is 10.5. The van der Waals surface area contributed by atoms with E-state index in [1.165, 1.54) is 0 Å². The molecular formula is C11H15N3OS. The number of fused-ring (bicyclic) bond motifs is 1. The van der Waals surface area contributed by atoms with Crippen molar-refractivity contribution in [2.45, 2.75) is 26.5 Å². The minimum absolute atomic E-state index is 0.119. The summed E-state index contributed by atoms with van der Waals surface area (Å²) in [6.07, 6.45) is 1.92. The Balaban J connectivity index is 2.57. The van der Waals surface area contributed by atoms with Crippen molar-refractivity contribution in [1.29, 1.82) is 0 Å². The summed E-state index contributed by atoms with van der Waals surface area (Å²) in [4.78, 5) is 7.54. The fourth-order valence-corrected chi connectivity index (χ4v) is 1.94. The highest BCUT2D eigenvalue weighted by atomic mass is 32.1. The number of hydrogen-bond donors (Lipinski definition) is 1. The third-order valence-corrected chi connectivity index (χ3v) is 3.04. The second-order valence-corrected chi connectivity index (χ2v) is 4.30. The highest BCUT2D eigenvalue weighted by Gasteiger charge is 2.09. The van der Waals surface area contributed by atoms with Gasteiger partial charge in [0.1, 0.15) is 0 Å². The van der Waals surface area contributed by atoms with Gasteiger partial charge in [-0.2, -0.15) is 0 Å². The van der Waals surface area contributed by atoms with Gasteiger partial charge in [0.05, 0.1) is 18.2 Å².